The number of imidazole rings is 2. The minimum Gasteiger partial charge on any atom is -0.465 e. The van der Waals surface area contributed by atoms with Gasteiger partial charge in [-0.2, -0.15) is 0 Å². The van der Waals surface area contributed by atoms with Gasteiger partial charge in [0.2, 0.25) is 0 Å². The number of halogens is 2. The van der Waals surface area contributed by atoms with E-state index in [4.69, 9.17) is 47.9 Å². The summed E-state index contributed by atoms with van der Waals surface area (Å²) in [6, 6.07) is 23.1. The highest BCUT2D eigenvalue weighted by Crippen LogP contribution is 2.37. The lowest BCUT2D eigenvalue weighted by Gasteiger charge is -2.21. The smallest absolute Gasteiger partial charge is 0.321 e. The molecule has 10 nitrogen and oxygen atoms in total. The van der Waals surface area contributed by atoms with Gasteiger partial charge >= 0.3 is 5.97 Å². The number of thioether (sulfide) groups is 2. The van der Waals surface area contributed by atoms with Gasteiger partial charge in [0.25, 0.3) is 0 Å². The molecule has 1 unspecified atom stereocenters. The molecule has 250 valence electrons. The number of hydrogen-bond acceptors (Lipinski definition) is 10. The third-order valence-corrected chi connectivity index (χ3v) is 9.80. The summed E-state index contributed by atoms with van der Waals surface area (Å²) < 4.78 is 9.48. The lowest BCUT2D eigenvalue weighted by atomic mass is 10.0. The summed E-state index contributed by atoms with van der Waals surface area (Å²) in [6.45, 7) is 1.93. The number of carbonyl (C=O) groups is 1. The first-order valence-corrected chi connectivity index (χ1v) is 18.6. The van der Waals surface area contributed by atoms with Crippen LogP contribution in [0.25, 0.3) is 45.2 Å². The van der Waals surface area contributed by atoms with E-state index < -0.39 is 11.9 Å². The highest BCUT2D eigenvalue weighted by Gasteiger charge is 2.35. The Kier molecular flexibility index (Phi) is 9.86. The van der Waals surface area contributed by atoms with Crippen LogP contribution in [0.2, 0.25) is 10.0 Å². The van der Waals surface area contributed by atoms with E-state index in [2.05, 4.69) is 34.2 Å². The fraction of sp³-hybridized carbons (Fsp3) is 0.139. The molecule has 0 N–H and O–H groups in total. The summed E-state index contributed by atoms with van der Waals surface area (Å²) in [4.78, 5) is 42.5. The Balaban J connectivity index is 1.51. The Morgan fingerprint density at radius 3 is 1.84 bits per heavy atom. The molecule has 0 radical (unpaired) electrons. The van der Waals surface area contributed by atoms with Crippen molar-refractivity contribution in [3.05, 3.63) is 119 Å². The molecule has 0 saturated carbocycles. The molecule has 0 fully saturated rings. The number of benzene rings is 3. The normalized spacial score (nSPS) is 11.9. The number of aromatic nitrogens is 8. The zero-order valence-corrected chi connectivity index (χ0v) is 30.1. The van der Waals surface area contributed by atoms with Gasteiger partial charge in [0.05, 0.1) is 40.4 Å². The van der Waals surface area contributed by atoms with Crippen molar-refractivity contribution in [3.8, 4) is 34.4 Å². The standard InChI is InChI=1S/C36H28Cl2N8O2S2/c1-4-48-34(47)31(28-20-42-33(24-11-12-25(37)26(38)18-24)46(28)30-14-16-40-36(44-30)50-3)27-19-41-32(45(27)29-13-15-39-35(43-29)49-2)23-10-9-21-7-5-6-8-22(21)17-23/h5-20,31H,4H2,1-3H3. The van der Waals surface area contributed by atoms with Crippen molar-refractivity contribution in [1.82, 2.24) is 39.0 Å². The van der Waals surface area contributed by atoms with Gasteiger partial charge in [0.1, 0.15) is 29.2 Å². The predicted molar refractivity (Wildman–Crippen MR) is 199 cm³/mol. The van der Waals surface area contributed by atoms with Gasteiger partial charge in [-0.1, -0.05) is 83.1 Å². The SMILES string of the molecule is CCOC(=O)C(c1cnc(-c2ccc(Cl)c(Cl)c2)n1-c1ccnc(SC)n1)c1cnc(-c2ccc3ccccc3c2)n1-c1ccnc(SC)n1. The maximum atomic E-state index is 14.3. The molecular formula is C36H28Cl2N8O2S2. The molecule has 0 spiro atoms. The van der Waals surface area contributed by atoms with Crippen LogP contribution in [-0.4, -0.2) is 64.1 Å². The molecule has 50 heavy (non-hydrogen) atoms. The zero-order valence-electron chi connectivity index (χ0n) is 27.0. The van der Waals surface area contributed by atoms with Crippen molar-refractivity contribution in [2.75, 3.05) is 19.1 Å². The molecular weight excluding hydrogens is 711 g/mol. The first-order valence-electron chi connectivity index (χ1n) is 15.4. The Bertz CT molecular complexity index is 2360. The first-order chi connectivity index (χ1) is 24.4. The number of hydrogen-bond donors (Lipinski definition) is 0. The Labute approximate surface area is 306 Å². The monoisotopic (exact) mass is 738 g/mol. The van der Waals surface area contributed by atoms with Gasteiger partial charge in [-0.05, 0) is 66.6 Å². The maximum absolute atomic E-state index is 14.3. The Morgan fingerprint density at radius 2 is 1.28 bits per heavy atom. The quantitative estimate of drug-likeness (QED) is 0.0768. The van der Waals surface area contributed by atoms with E-state index >= 15 is 0 Å². The molecule has 4 heterocycles. The lowest BCUT2D eigenvalue weighted by molar-refractivity contribution is -0.144. The average molecular weight is 740 g/mol. The Hall–Kier alpha value is -4.75. The molecule has 0 aliphatic carbocycles. The third kappa shape index (κ3) is 6.47. The van der Waals surface area contributed by atoms with Gasteiger partial charge in [0.15, 0.2) is 10.3 Å². The topological polar surface area (TPSA) is 114 Å². The van der Waals surface area contributed by atoms with Crippen LogP contribution in [0, 0.1) is 0 Å². The number of esters is 1. The van der Waals surface area contributed by atoms with Gasteiger partial charge in [-0.3, -0.25) is 13.9 Å². The Morgan fingerprint density at radius 1 is 0.720 bits per heavy atom. The molecule has 14 heteroatoms. The van der Waals surface area contributed by atoms with E-state index in [0.717, 1.165) is 16.3 Å². The summed E-state index contributed by atoms with van der Waals surface area (Å²) in [5, 5.41) is 4.03. The summed E-state index contributed by atoms with van der Waals surface area (Å²) in [7, 11) is 0. The van der Waals surface area contributed by atoms with Crippen molar-refractivity contribution >= 4 is 63.5 Å². The van der Waals surface area contributed by atoms with Crippen molar-refractivity contribution in [3.63, 3.8) is 0 Å². The molecule has 3 aromatic carbocycles. The number of rotatable bonds is 10. The fourth-order valence-corrected chi connectivity index (χ4v) is 6.72. The molecule has 1 atom stereocenters. The van der Waals surface area contributed by atoms with Crippen LogP contribution in [-0.2, 0) is 9.53 Å². The molecule has 0 saturated heterocycles. The summed E-state index contributed by atoms with van der Waals surface area (Å²) in [6.07, 6.45) is 10.5. The summed E-state index contributed by atoms with van der Waals surface area (Å²) >= 11 is 15.6. The van der Waals surface area contributed by atoms with E-state index in [0.29, 0.717) is 60.6 Å². The second kappa shape index (κ2) is 14.6. The fourth-order valence-electron chi connectivity index (χ4n) is 5.72. The average Bonchev–Trinajstić information content (AvgIpc) is 3.78. The van der Waals surface area contributed by atoms with E-state index in [1.807, 2.05) is 45.9 Å². The van der Waals surface area contributed by atoms with E-state index in [1.54, 1.807) is 56.0 Å². The van der Waals surface area contributed by atoms with Crippen LogP contribution in [0.4, 0.5) is 0 Å². The zero-order chi connectivity index (χ0) is 34.8. The molecule has 0 aliphatic rings. The van der Waals surface area contributed by atoms with Gasteiger partial charge in [-0.25, -0.2) is 29.9 Å². The van der Waals surface area contributed by atoms with Crippen molar-refractivity contribution in [2.24, 2.45) is 0 Å². The van der Waals surface area contributed by atoms with E-state index in [-0.39, 0.29) is 6.61 Å². The number of nitrogens with zero attached hydrogens (tertiary/aromatic N) is 8. The maximum Gasteiger partial charge on any atom is 0.321 e. The molecule has 4 aromatic heterocycles. The predicted octanol–water partition coefficient (Wildman–Crippen LogP) is 8.57. The van der Waals surface area contributed by atoms with Crippen LogP contribution >= 0.6 is 46.7 Å². The van der Waals surface area contributed by atoms with Crippen molar-refractivity contribution < 1.29 is 9.53 Å². The highest BCUT2D eigenvalue weighted by molar-refractivity contribution is 7.98. The molecule has 7 aromatic rings. The second-order valence-corrected chi connectivity index (χ2v) is 13.2. The van der Waals surface area contributed by atoms with Gasteiger partial charge in [-0.15, -0.1) is 0 Å². The first kappa shape index (κ1) is 33.7. The number of carbonyl (C=O) groups excluding carboxylic acids is 1. The van der Waals surface area contributed by atoms with Gasteiger partial charge < -0.3 is 4.74 Å². The van der Waals surface area contributed by atoms with Crippen molar-refractivity contribution in [1.29, 1.82) is 0 Å². The van der Waals surface area contributed by atoms with Crippen molar-refractivity contribution in [2.45, 2.75) is 23.2 Å². The number of fused-ring (bicyclic) bond motifs is 1. The van der Waals surface area contributed by atoms with E-state index in [9.17, 15) is 4.79 Å². The lowest BCUT2D eigenvalue weighted by Crippen LogP contribution is -2.23. The van der Waals surface area contributed by atoms with Crippen LogP contribution in [0.3, 0.4) is 0 Å². The molecule has 0 amide bonds. The van der Waals surface area contributed by atoms with Crippen LogP contribution in [0.1, 0.15) is 24.2 Å². The second-order valence-electron chi connectivity index (χ2n) is 10.9. The molecule has 0 aliphatic heterocycles. The minimum absolute atomic E-state index is 0.156. The highest BCUT2D eigenvalue weighted by atomic mass is 35.5. The number of ether oxygens (including phenoxy) is 1. The minimum atomic E-state index is -1.03. The van der Waals surface area contributed by atoms with Crippen LogP contribution < -0.4 is 0 Å². The molecule has 0 bridgehead atoms. The van der Waals surface area contributed by atoms with Gasteiger partial charge in [0, 0.05) is 23.5 Å². The summed E-state index contributed by atoms with van der Waals surface area (Å²) in [5.41, 5.74) is 2.51. The van der Waals surface area contributed by atoms with Crippen LogP contribution in [0.5, 0.6) is 0 Å². The molecule has 7 rings (SSSR count). The van der Waals surface area contributed by atoms with E-state index in [1.165, 1.54) is 23.5 Å². The third-order valence-electron chi connectivity index (χ3n) is 7.94. The summed E-state index contributed by atoms with van der Waals surface area (Å²) in [5.74, 6) is 0.593. The van der Waals surface area contributed by atoms with Crippen LogP contribution in [0.15, 0.2) is 108 Å². The largest absolute Gasteiger partial charge is 0.465 e.